The highest BCUT2D eigenvalue weighted by molar-refractivity contribution is 8.36. The molecule has 65 heavy (non-hydrogen) atoms. The molecule has 0 fully saturated rings. The Bertz CT molecular complexity index is 3400. The molecule has 0 unspecified atom stereocenters. The molecule has 2 nitrogen and oxygen atoms in total. The molecule has 0 spiro atoms. The second-order valence-electron chi connectivity index (χ2n) is 16.3. The number of para-hydroxylation sites is 2. The van der Waals surface area contributed by atoms with Gasteiger partial charge in [0.2, 0.25) is 0 Å². The normalized spacial score (nSPS) is 19.0. The maximum absolute atomic E-state index is 2.50. The highest BCUT2D eigenvalue weighted by atomic mass is 32.3. The molecule has 12 rings (SSSR count). The first-order chi connectivity index (χ1) is 32.0. The highest BCUT2D eigenvalue weighted by Crippen LogP contribution is 2.68. The Balaban J connectivity index is 0.000000715. The third-order valence-corrected chi connectivity index (χ3v) is 16.3. The molecule has 6 aromatic carbocycles. The molecular formula is C61H58N2S2. The summed E-state index contributed by atoms with van der Waals surface area (Å²) in [4.78, 5) is 5.49. The molecule has 4 aliphatic rings. The third kappa shape index (κ3) is 8.34. The zero-order valence-electron chi connectivity index (χ0n) is 38.5. The molecule has 0 saturated heterocycles. The fraction of sp³-hybridized carbons (Fsp3) is 0.148. The van der Waals surface area contributed by atoms with Gasteiger partial charge in [-0.25, -0.2) is 0 Å². The molecule has 0 bridgehead atoms. The Kier molecular flexibility index (Phi) is 12.9. The summed E-state index contributed by atoms with van der Waals surface area (Å²) in [5, 5.41) is 8.88. The van der Waals surface area contributed by atoms with Crippen LogP contribution < -0.4 is 15.5 Å². The van der Waals surface area contributed by atoms with Gasteiger partial charge in [-0.1, -0.05) is 161 Å². The lowest BCUT2D eigenvalue weighted by Gasteiger charge is -2.31. The number of aromatic nitrogens is 1. The number of nitrogens with zero attached hydrogens (tertiary/aromatic N) is 2. The fourth-order valence-electron chi connectivity index (χ4n) is 9.35. The molecule has 324 valence electrons. The van der Waals surface area contributed by atoms with E-state index in [2.05, 4.69) is 228 Å². The molecule has 2 aromatic heterocycles. The number of allylic oxidation sites excluding steroid dienone is 12. The number of hydrogen-bond acceptors (Lipinski definition) is 2. The molecule has 4 heteroatoms. The highest BCUT2D eigenvalue weighted by Gasteiger charge is 2.35. The van der Waals surface area contributed by atoms with E-state index >= 15 is 0 Å². The maximum Gasteiger partial charge on any atom is 0.0547 e. The Labute approximate surface area is 390 Å². The van der Waals surface area contributed by atoms with E-state index < -0.39 is 10.0 Å². The lowest BCUT2D eigenvalue weighted by molar-refractivity contribution is 1.05. The summed E-state index contributed by atoms with van der Waals surface area (Å²) in [7, 11) is -1.17. The summed E-state index contributed by atoms with van der Waals surface area (Å²) in [5.74, 6) is 0. The van der Waals surface area contributed by atoms with Crippen molar-refractivity contribution in [2.24, 2.45) is 0 Å². The molecule has 0 radical (unpaired) electrons. The van der Waals surface area contributed by atoms with E-state index in [4.69, 9.17) is 0 Å². The Hall–Kier alpha value is -6.59. The van der Waals surface area contributed by atoms with Gasteiger partial charge in [-0.2, -0.15) is 10.0 Å². The SMILES string of the molecule is C1=CC1.CC.CC.CS1(C)C2=C(CCC=C2)c2ccc3cc4c5/c(n(-c6ccccc6)c4cc3c21)=C\C=C\C=C\C=C/C(N(c1ccccc1)c1ccc2c(c1)sc1ccccc12)=C\C=5. The first-order valence-electron chi connectivity index (χ1n) is 23.2. The first-order valence-corrected chi connectivity index (χ1v) is 26.5. The Morgan fingerprint density at radius 1 is 0.569 bits per heavy atom. The fourth-order valence-corrected chi connectivity index (χ4v) is 13.4. The standard InChI is InChI=1S/C54H42N2S2.C3H4.2C2H6/c1-58(2)53-27-17-15-24-45(53)46-31-28-37-34-48-42-32-29-40(55(38-18-9-6-10-19-38)41-30-33-44-43-23-14-16-26-51(43)57-52(44)35-41)22-8-4-3-5-13-25-49(42)56(39-20-11-7-12-21-39)50(48)36-47(37)54(46)58;1-2-3-1;2*1-2/h3-14,16-23,25-36H,15,24H2,1-2H3;1-2H,3H2;2*1-2H3/b4-3+,5-3?,8-4?,13-5+,22-8-,25-13?,32-29?,40-22?,40-29+,42-32-,49-25+;;;. The van der Waals surface area contributed by atoms with E-state index in [1.54, 1.807) is 10.5 Å². The van der Waals surface area contributed by atoms with Crippen molar-refractivity contribution in [3.8, 4) is 5.69 Å². The minimum absolute atomic E-state index is 1.07. The average Bonchev–Trinajstić information content (AvgIpc) is 4.12. The predicted molar refractivity (Wildman–Crippen MR) is 292 cm³/mol. The molecule has 0 saturated carbocycles. The molecule has 3 aliphatic carbocycles. The lowest BCUT2D eigenvalue weighted by atomic mass is 9.95. The van der Waals surface area contributed by atoms with E-state index in [1.165, 1.54) is 63.9 Å². The number of hydrogen-bond donors (Lipinski definition) is 0. The zero-order valence-corrected chi connectivity index (χ0v) is 40.1. The van der Waals surface area contributed by atoms with Crippen LogP contribution >= 0.6 is 21.4 Å². The van der Waals surface area contributed by atoms with Crippen LogP contribution in [0.25, 0.3) is 65.3 Å². The van der Waals surface area contributed by atoms with Crippen molar-refractivity contribution in [2.45, 2.75) is 51.9 Å². The van der Waals surface area contributed by atoms with E-state index in [1.807, 2.05) is 39.0 Å². The third-order valence-electron chi connectivity index (χ3n) is 12.2. The summed E-state index contributed by atoms with van der Waals surface area (Å²) in [5.41, 5.74) is 8.70. The monoisotopic (exact) mass is 882 g/mol. The minimum atomic E-state index is -1.17. The van der Waals surface area contributed by atoms with Crippen molar-refractivity contribution >= 4 is 92.3 Å². The van der Waals surface area contributed by atoms with Gasteiger partial charge in [0.25, 0.3) is 0 Å². The van der Waals surface area contributed by atoms with Crippen LogP contribution in [0.3, 0.4) is 0 Å². The van der Waals surface area contributed by atoms with E-state index in [0.717, 1.165) is 40.9 Å². The number of fused-ring (bicyclic) bond motifs is 10. The van der Waals surface area contributed by atoms with Crippen LogP contribution in [-0.2, 0) is 0 Å². The first kappa shape index (κ1) is 43.7. The summed E-state index contributed by atoms with van der Waals surface area (Å²) in [6, 6.07) is 47.0. The van der Waals surface area contributed by atoms with Crippen molar-refractivity contribution in [3.63, 3.8) is 0 Å². The molecule has 8 aromatic rings. The largest absolute Gasteiger partial charge is 0.310 e. The topological polar surface area (TPSA) is 8.17 Å². The number of rotatable bonds is 4. The lowest BCUT2D eigenvalue weighted by Crippen LogP contribution is -2.28. The second kappa shape index (κ2) is 19.3. The van der Waals surface area contributed by atoms with Gasteiger partial charge in [0.1, 0.15) is 0 Å². The van der Waals surface area contributed by atoms with Gasteiger partial charge in [0, 0.05) is 58.4 Å². The van der Waals surface area contributed by atoms with Gasteiger partial charge < -0.3 is 9.47 Å². The van der Waals surface area contributed by atoms with Gasteiger partial charge in [-0.3, -0.25) is 0 Å². The average molecular weight is 883 g/mol. The molecular weight excluding hydrogens is 825 g/mol. The van der Waals surface area contributed by atoms with E-state index in [0.29, 0.717) is 0 Å². The van der Waals surface area contributed by atoms with Gasteiger partial charge in [0.05, 0.1) is 10.9 Å². The van der Waals surface area contributed by atoms with Crippen molar-refractivity contribution in [3.05, 3.63) is 221 Å². The van der Waals surface area contributed by atoms with Crippen LogP contribution in [0.1, 0.15) is 52.5 Å². The molecule has 1 aliphatic heterocycles. The Morgan fingerprint density at radius 2 is 1.28 bits per heavy atom. The summed E-state index contributed by atoms with van der Waals surface area (Å²) < 4.78 is 5.06. The Morgan fingerprint density at radius 3 is 2.06 bits per heavy atom. The summed E-state index contributed by atoms with van der Waals surface area (Å²) in [6.45, 7) is 8.00. The van der Waals surface area contributed by atoms with Crippen LogP contribution in [0.15, 0.2) is 210 Å². The van der Waals surface area contributed by atoms with Crippen molar-refractivity contribution in [1.29, 1.82) is 0 Å². The summed E-state index contributed by atoms with van der Waals surface area (Å²) in [6.07, 6.45) is 37.4. The maximum atomic E-state index is 2.50. The molecule has 0 amide bonds. The second-order valence-corrected chi connectivity index (χ2v) is 20.9. The minimum Gasteiger partial charge on any atom is -0.310 e. The number of benzene rings is 6. The van der Waals surface area contributed by atoms with Crippen LogP contribution in [0.5, 0.6) is 0 Å². The van der Waals surface area contributed by atoms with Crippen molar-refractivity contribution in [1.82, 2.24) is 4.57 Å². The van der Waals surface area contributed by atoms with Gasteiger partial charge in [-0.15, -0.1) is 11.3 Å². The van der Waals surface area contributed by atoms with Gasteiger partial charge in [0.15, 0.2) is 0 Å². The van der Waals surface area contributed by atoms with E-state index in [-0.39, 0.29) is 0 Å². The molecule has 3 heterocycles. The summed E-state index contributed by atoms with van der Waals surface area (Å²) >= 11 is 1.86. The predicted octanol–water partition coefficient (Wildman–Crippen LogP) is 16.6. The van der Waals surface area contributed by atoms with Crippen LogP contribution in [0, 0.1) is 0 Å². The molecule has 0 atom stereocenters. The molecule has 0 N–H and O–H groups in total. The van der Waals surface area contributed by atoms with Crippen LogP contribution in [0.4, 0.5) is 11.4 Å². The van der Waals surface area contributed by atoms with Crippen LogP contribution in [-0.4, -0.2) is 17.1 Å². The number of thiophene rings is 1. The van der Waals surface area contributed by atoms with Crippen molar-refractivity contribution in [2.75, 3.05) is 17.4 Å². The smallest absolute Gasteiger partial charge is 0.0547 e. The zero-order chi connectivity index (χ0) is 44.9. The van der Waals surface area contributed by atoms with Crippen molar-refractivity contribution < 1.29 is 0 Å². The van der Waals surface area contributed by atoms with Crippen LogP contribution in [0.2, 0.25) is 0 Å². The van der Waals surface area contributed by atoms with Gasteiger partial charge >= 0.3 is 0 Å². The van der Waals surface area contributed by atoms with Gasteiger partial charge in [-0.05, 0) is 131 Å². The van der Waals surface area contributed by atoms with E-state index in [9.17, 15) is 0 Å². The quantitative estimate of drug-likeness (QED) is 0.160. The number of anilines is 2.